The fourth-order valence-corrected chi connectivity index (χ4v) is 6.60. The van der Waals surface area contributed by atoms with Gasteiger partial charge in [-0.3, -0.25) is 4.79 Å². The normalized spacial score (nSPS) is 55.0. The highest BCUT2D eigenvalue weighted by Gasteiger charge is 2.56. The number of rotatable bonds is 0. The third kappa shape index (κ3) is 1.76. The molecular weight excluding hydrogens is 248 g/mol. The highest BCUT2D eigenvalue weighted by molar-refractivity contribution is 5.87. The quantitative estimate of drug-likeness (QED) is 0.734. The lowest BCUT2D eigenvalue weighted by molar-refractivity contribution is -0.133. The van der Waals surface area contributed by atoms with E-state index < -0.39 is 0 Å². The third-order valence-corrected chi connectivity index (χ3v) is 7.64. The summed E-state index contributed by atoms with van der Waals surface area (Å²) in [4.78, 5) is 12.3. The van der Waals surface area contributed by atoms with Crippen molar-refractivity contribution in [1.82, 2.24) is 0 Å². The zero-order valence-electron chi connectivity index (χ0n) is 12.7. The zero-order chi connectivity index (χ0) is 13.9. The minimum absolute atomic E-state index is 0.0299. The molecule has 20 heavy (non-hydrogen) atoms. The van der Waals surface area contributed by atoms with E-state index in [2.05, 4.69) is 6.92 Å². The van der Waals surface area contributed by atoms with Gasteiger partial charge in [-0.1, -0.05) is 6.92 Å². The van der Waals surface area contributed by atoms with Gasteiger partial charge >= 0.3 is 0 Å². The smallest absolute Gasteiger partial charge is 0.139 e. The standard InChI is InChI=1S/C18H28O2/c1-18-9-8-14-13-5-3-12(19)10-11(13)2-4-15(14)16(18)6-7-17(18)20/h11-16,19H,2-10H2,1H3/t11-,12-,13-,14+,15+,16-,18-/m0/s1. The van der Waals surface area contributed by atoms with E-state index in [9.17, 15) is 9.90 Å². The zero-order valence-corrected chi connectivity index (χ0v) is 12.7. The van der Waals surface area contributed by atoms with Gasteiger partial charge < -0.3 is 5.11 Å². The first-order chi connectivity index (χ1) is 9.59. The Kier molecular flexibility index (Phi) is 3.03. The molecule has 0 aliphatic heterocycles. The Morgan fingerprint density at radius 2 is 1.80 bits per heavy atom. The number of fused-ring (bicyclic) bond motifs is 5. The third-order valence-electron chi connectivity index (χ3n) is 7.64. The van der Waals surface area contributed by atoms with Gasteiger partial charge in [-0.15, -0.1) is 0 Å². The van der Waals surface area contributed by atoms with Crippen molar-refractivity contribution in [1.29, 1.82) is 0 Å². The molecule has 0 radical (unpaired) electrons. The van der Waals surface area contributed by atoms with E-state index in [4.69, 9.17) is 0 Å². The molecule has 0 spiro atoms. The fraction of sp³-hybridized carbons (Fsp3) is 0.944. The van der Waals surface area contributed by atoms with Gasteiger partial charge in [-0.2, -0.15) is 0 Å². The molecular formula is C18H28O2. The van der Waals surface area contributed by atoms with Gasteiger partial charge in [-0.05, 0) is 81.0 Å². The van der Waals surface area contributed by atoms with Gasteiger partial charge in [0.1, 0.15) is 5.78 Å². The van der Waals surface area contributed by atoms with Gasteiger partial charge in [-0.25, -0.2) is 0 Å². The maximum absolute atomic E-state index is 12.3. The maximum Gasteiger partial charge on any atom is 0.139 e. The van der Waals surface area contributed by atoms with E-state index in [0.717, 1.165) is 55.8 Å². The largest absolute Gasteiger partial charge is 0.393 e. The van der Waals surface area contributed by atoms with Crippen LogP contribution >= 0.6 is 0 Å². The van der Waals surface area contributed by atoms with E-state index in [-0.39, 0.29) is 11.5 Å². The Hall–Kier alpha value is -0.370. The SMILES string of the molecule is C[C@]12CC[C@H]3[C@@H](CC[C@H]4C[C@@H](O)CC[C@@H]43)[C@@H]1CCC2=O. The van der Waals surface area contributed by atoms with Crippen LogP contribution in [-0.2, 0) is 4.79 Å². The van der Waals surface area contributed by atoms with Gasteiger partial charge in [0.05, 0.1) is 6.10 Å². The Morgan fingerprint density at radius 3 is 2.65 bits per heavy atom. The summed E-state index contributed by atoms with van der Waals surface area (Å²) in [7, 11) is 0. The average molecular weight is 276 g/mol. The van der Waals surface area contributed by atoms with Gasteiger partial charge in [0.15, 0.2) is 0 Å². The number of hydrogen-bond donors (Lipinski definition) is 1. The molecule has 0 amide bonds. The van der Waals surface area contributed by atoms with Crippen LogP contribution in [0.15, 0.2) is 0 Å². The Morgan fingerprint density at radius 1 is 1.00 bits per heavy atom. The molecule has 1 N–H and O–H groups in total. The van der Waals surface area contributed by atoms with Crippen LogP contribution in [0.4, 0.5) is 0 Å². The molecule has 0 aromatic rings. The van der Waals surface area contributed by atoms with Crippen molar-refractivity contribution in [2.45, 2.75) is 70.8 Å². The summed E-state index contributed by atoms with van der Waals surface area (Å²) >= 11 is 0. The van der Waals surface area contributed by atoms with Crippen LogP contribution in [0.2, 0.25) is 0 Å². The number of aliphatic hydroxyl groups excluding tert-OH is 1. The molecule has 0 bridgehead atoms. The summed E-state index contributed by atoms with van der Waals surface area (Å²) in [6, 6.07) is 0. The van der Waals surface area contributed by atoms with Crippen molar-refractivity contribution in [3.8, 4) is 0 Å². The molecule has 2 heteroatoms. The molecule has 0 aromatic heterocycles. The van der Waals surface area contributed by atoms with E-state index >= 15 is 0 Å². The van der Waals surface area contributed by atoms with Crippen molar-refractivity contribution in [2.24, 2.45) is 35.0 Å². The lowest BCUT2D eigenvalue weighted by Crippen LogP contribution is -2.49. The summed E-state index contributed by atoms with van der Waals surface area (Å²) in [6.45, 7) is 2.26. The molecule has 2 nitrogen and oxygen atoms in total. The number of carbonyl (C=O) groups is 1. The van der Waals surface area contributed by atoms with Crippen LogP contribution in [0.5, 0.6) is 0 Å². The van der Waals surface area contributed by atoms with E-state index in [1.54, 1.807) is 0 Å². The number of carbonyl (C=O) groups excluding carboxylic acids is 1. The second kappa shape index (κ2) is 4.56. The second-order valence-corrected chi connectivity index (χ2v) is 8.32. The van der Waals surface area contributed by atoms with Gasteiger partial charge in [0.2, 0.25) is 0 Å². The summed E-state index contributed by atoms with van der Waals surface area (Å²) in [5.74, 6) is 4.56. The minimum Gasteiger partial charge on any atom is -0.393 e. The Bertz CT molecular complexity index is 418. The lowest BCUT2D eigenvalue weighted by atomic mass is 9.50. The first-order valence-corrected chi connectivity index (χ1v) is 8.81. The summed E-state index contributed by atoms with van der Waals surface area (Å²) in [5, 5.41) is 9.93. The van der Waals surface area contributed by atoms with Crippen LogP contribution in [0.1, 0.15) is 64.7 Å². The molecule has 4 rings (SSSR count). The van der Waals surface area contributed by atoms with E-state index in [1.807, 2.05) is 0 Å². The summed E-state index contributed by atoms with van der Waals surface area (Å²) < 4.78 is 0. The predicted octanol–water partition coefficient (Wildman–Crippen LogP) is 3.57. The summed E-state index contributed by atoms with van der Waals surface area (Å²) in [6.07, 6.45) is 10.3. The van der Waals surface area contributed by atoms with Gasteiger partial charge in [0.25, 0.3) is 0 Å². The first-order valence-electron chi connectivity index (χ1n) is 8.81. The number of aliphatic hydroxyl groups is 1. The molecule has 112 valence electrons. The highest BCUT2D eigenvalue weighted by Crippen LogP contribution is 2.61. The van der Waals surface area contributed by atoms with Crippen LogP contribution in [0.3, 0.4) is 0 Å². The van der Waals surface area contributed by atoms with Crippen molar-refractivity contribution in [3.63, 3.8) is 0 Å². The highest BCUT2D eigenvalue weighted by atomic mass is 16.3. The van der Waals surface area contributed by atoms with Crippen LogP contribution in [0, 0.1) is 35.0 Å². The molecule has 4 aliphatic carbocycles. The molecule has 0 saturated heterocycles. The number of Topliss-reactive ketones (excluding diaryl/α,β-unsaturated/α-hetero) is 1. The van der Waals surface area contributed by atoms with Gasteiger partial charge in [0, 0.05) is 11.8 Å². The van der Waals surface area contributed by atoms with Crippen LogP contribution in [-0.4, -0.2) is 17.0 Å². The number of ketones is 1. The maximum atomic E-state index is 12.3. The van der Waals surface area contributed by atoms with E-state index in [1.165, 1.54) is 25.7 Å². The average Bonchev–Trinajstić information content (AvgIpc) is 2.74. The predicted molar refractivity (Wildman–Crippen MR) is 78.1 cm³/mol. The Labute approximate surface area is 122 Å². The second-order valence-electron chi connectivity index (χ2n) is 8.32. The molecule has 0 heterocycles. The molecule has 4 fully saturated rings. The molecule has 0 aromatic carbocycles. The Balaban J connectivity index is 1.58. The van der Waals surface area contributed by atoms with Crippen LogP contribution < -0.4 is 0 Å². The fourth-order valence-electron chi connectivity index (χ4n) is 6.60. The van der Waals surface area contributed by atoms with E-state index in [0.29, 0.717) is 11.7 Å². The topological polar surface area (TPSA) is 37.3 Å². The molecule has 0 unspecified atom stereocenters. The summed E-state index contributed by atoms with van der Waals surface area (Å²) in [5.41, 5.74) is 0.0299. The van der Waals surface area contributed by atoms with Crippen molar-refractivity contribution in [3.05, 3.63) is 0 Å². The minimum atomic E-state index is -0.0327. The van der Waals surface area contributed by atoms with Crippen LogP contribution in [0.25, 0.3) is 0 Å². The number of hydrogen-bond acceptors (Lipinski definition) is 2. The molecule has 4 aliphatic rings. The molecule has 7 atom stereocenters. The van der Waals surface area contributed by atoms with Crippen molar-refractivity contribution in [2.75, 3.05) is 0 Å². The first kappa shape index (κ1) is 13.3. The molecule has 4 saturated carbocycles. The van der Waals surface area contributed by atoms with Crippen molar-refractivity contribution >= 4 is 5.78 Å². The lowest BCUT2D eigenvalue weighted by Gasteiger charge is -2.54. The van der Waals surface area contributed by atoms with Crippen molar-refractivity contribution < 1.29 is 9.90 Å². The monoisotopic (exact) mass is 276 g/mol.